The molecule has 2 N–H and O–H groups in total. The summed E-state index contributed by atoms with van der Waals surface area (Å²) in [5.74, 6) is 0.773. The van der Waals surface area contributed by atoms with E-state index in [2.05, 4.69) is 20.3 Å². The monoisotopic (exact) mass is 378 g/mol. The van der Waals surface area contributed by atoms with Gasteiger partial charge in [-0.15, -0.1) is 0 Å². The minimum atomic E-state index is -0.438. The SMILES string of the molecule is CCOC(=O)c1ccc(C(=O)Nc2ccc3nc(C4CCC4)[nH]c3c2)nc1C. The normalized spacial score (nSPS) is 13.9. The predicted octanol–water partition coefficient (Wildman–Crippen LogP) is 3.96. The molecule has 0 spiro atoms. The number of rotatable bonds is 5. The third-order valence-electron chi connectivity index (χ3n) is 5.06. The van der Waals surface area contributed by atoms with Crippen molar-refractivity contribution in [2.24, 2.45) is 0 Å². The van der Waals surface area contributed by atoms with Gasteiger partial charge in [0.15, 0.2) is 0 Å². The Labute approximate surface area is 162 Å². The van der Waals surface area contributed by atoms with Gasteiger partial charge in [-0.1, -0.05) is 6.42 Å². The maximum atomic E-state index is 12.6. The molecule has 0 unspecified atom stereocenters. The third kappa shape index (κ3) is 3.47. The molecule has 7 heteroatoms. The Balaban J connectivity index is 1.51. The molecule has 3 aromatic rings. The molecule has 1 aliphatic rings. The number of ether oxygens (including phenoxy) is 1. The van der Waals surface area contributed by atoms with Crippen molar-refractivity contribution in [2.75, 3.05) is 11.9 Å². The molecule has 0 saturated heterocycles. The summed E-state index contributed by atoms with van der Waals surface area (Å²) in [7, 11) is 0. The van der Waals surface area contributed by atoms with Crippen molar-refractivity contribution in [1.82, 2.24) is 15.0 Å². The van der Waals surface area contributed by atoms with Gasteiger partial charge in [0.25, 0.3) is 5.91 Å². The largest absolute Gasteiger partial charge is 0.462 e. The Hall–Kier alpha value is -3.22. The van der Waals surface area contributed by atoms with Gasteiger partial charge in [0, 0.05) is 11.6 Å². The van der Waals surface area contributed by atoms with Crippen LogP contribution in [0.15, 0.2) is 30.3 Å². The lowest BCUT2D eigenvalue weighted by atomic mass is 9.85. The second-order valence-corrected chi connectivity index (χ2v) is 6.99. The second kappa shape index (κ2) is 7.42. The number of imidazole rings is 1. The fourth-order valence-corrected chi connectivity index (χ4v) is 3.29. The number of esters is 1. The molecule has 1 fully saturated rings. The minimum Gasteiger partial charge on any atom is -0.462 e. The first-order valence-electron chi connectivity index (χ1n) is 9.51. The Bertz CT molecular complexity index is 1050. The lowest BCUT2D eigenvalue weighted by molar-refractivity contribution is 0.0524. The number of nitrogens with one attached hydrogen (secondary N) is 2. The number of aromatic amines is 1. The molecule has 7 nitrogen and oxygen atoms in total. The van der Waals surface area contributed by atoms with E-state index in [1.165, 1.54) is 25.3 Å². The van der Waals surface area contributed by atoms with Gasteiger partial charge in [-0.2, -0.15) is 0 Å². The summed E-state index contributed by atoms with van der Waals surface area (Å²) in [6.07, 6.45) is 3.61. The van der Waals surface area contributed by atoms with Crippen molar-refractivity contribution in [1.29, 1.82) is 0 Å². The molecule has 0 atom stereocenters. The summed E-state index contributed by atoms with van der Waals surface area (Å²) >= 11 is 0. The first-order valence-corrected chi connectivity index (χ1v) is 9.51. The Morgan fingerprint density at radius 3 is 2.71 bits per heavy atom. The molecule has 0 radical (unpaired) electrons. The van der Waals surface area contributed by atoms with Crippen molar-refractivity contribution in [3.63, 3.8) is 0 Å². The van der Waals surface area contributed by atoms with Gasteiger partial charge in [-0.05, 0) is 57.0 Å². The van der Waals surface area contributed by atoms with E-state index in [0.29, 0.717) is 29.5 Å². The van der Waals surface area contributed by atoms with Crippen LogP contribution in [0.4, 0.5) is 5.69 Å². The highest BCUT2D eigenvalue weighted by molar-refractivity contribution is 6.04. The van der Waals surface area contributed by atoms with E-state index >= 15 is 0 Å². The van der Waals surface area contributed by atoms with Gasteiger partial charge in [0.1, 0.15) is 11.5 Å². The maximum Gasteiger partial charge on any atom is 0.339 e. The molecule has 1 aliphatic carbocycles. The summed E-state index contributed by atoms with van der Waals surface area (Å²) in [4.78, 5) is 36.7. The lowest BCUT2D eigenvalue weighted by Gasteiger charge is -2.22. The van der Waals surface area contributed by atoms with Gasteiger partial charge in [0.2, 0.25) is 0 Å². The van der Waals surface area contributed by atoms with Crippen LogP contribution in [0.1, 0.15) is 64.5 Å². The fourth-order valence-electron chi connectivity index (χ4n) is 3.29. The van der Waals surface area contributed by atoms with E-state index in [0.717, 1.165) is 16.9 Å². The second-order valence-electron chi connectivity index (χ2n) is 6.99. The molecule has 0 bridgehead atoms. The van der Waals surface area contributed by atoms with E-state index < -0.39 is 5.97 Å². The average Bonchev–Trinajstić information content (AvgIpc) is 3.02. The van der Waals surface area contributed by atoms with E-state index in [-0.39, 0.29) is 11.6 Å². The average molecular weight is 378 g/mol. The van der Waals surface area contributed by atoms with Gasteiger partial charge in [-0.25, -0.2) is 14.8 Å². The Morgan fingerprint density at radius 1 is 1.21 bits per heavy atom. The van der Waals surface area contributed by atoms with Crippen molar-refractivity contribution in [3.05, 3.63) is 53.1 Å². The molecule has 4 rings (SSSR count). The predicted molar refractivity (Wildman–Crippen MR) is 106 cm³/mol. The van der Waals surface area contributed by atoms with Crippen LogP contribution >= 0.6 is 0 Å². The van der Waals surface area contributed by atoms with Crippen LogP contribution in [0.25, 0.3) is 11.0 Å². The molecule has 2 heterocycles. The van der Waals surface area contributed by atoms with Crippen LogP contribution < -0.4 is 5.32 Å². The lowest BCUT2D eigenvalue weighted by Crippen LogP contribution is -2.16. The van der Waals surface area contributed by atoms with E-state index in [1.54, 1.807) is 19.9 Å². The molecule has 1 saturated carbocycles. The summed E-state index contributed by atoms with van der Waals surface area (Å²) in [6, 6.07) is 8.69. The first-order chi connectivity index (χ1) is 13.5. The molecule has 0 aliphatic heterocycles. The van der Waals surface area contributed by atoms with Crippen LogP contribution in [-0.4, -0.2) is 33.4 Å². The number of fused-ring (bicyclic) bond motifs is 1. The fraction of sp³-hybridized carbons (Fsp3) is 0.333. The van der Waals surface area contributed by atoms with Gasteiger partial charge in [-0.3, -0.25) is 4.79 Å². The zero-order chi connectivity index (χ0) is 19.7. The van der Waals surface area contributed by atoms with Gasteiger partial charge in [0.05, 0.1) is 28.9 Å². The Morgan fingerprint density at radius 2 is 2.04 bits per heavy atom. The number of aryl methyl sites for hydroxylation is 1. The highest BCUT2D eigenvalue weighted by Gasteiger charge is 2.22. The van der Waals surface area contributed by atoms with Gasteiger partial charge < -0.3 is 15.0 Å². The summed E-state index contributed by atoms with van der Waals surface area (Å²) in [5.41, 5.74) is 3.52. The number of carbonyl (C=O) groups excluding carboxylic acids is 2. The van der Waals surface area contributed by atoms with Crippen molar-refractivity contribution in [3.8, 4) is 0 Å². The van der Waals surface area contributed by atoms with E-state index in [1.807, 2.05) is 18.2 Å². The van der Waals surface area contributed by atoms with E-state index in [9.17, 15) is 9.59 Å². The maximum absolute atomic E-state index is 12.6. The van der Waals surface area contributed by atoms with Crippen LogP contribution in [0.5, 0.6) is 0 Å². The third-order valence-corrected chi connectivity index (χ3v) is 5.06. The number of nitrogens with zero attached hydrogens (tertiary/aromatic N) is 2. The number of pyridine rings is 1. The standard InChI is InChI=1S/C21H22N4O3/c1-3-28-21(27)15-8-10-17(22-12(15)2)20(26)23-14-7-9-16-18(11-14)25-19(24-16)13-5-4-6-13/h7-11,13H,3-6H2,1-2H3,(H,23,26)(H,24,25). The minimum absolute atomic E-state index is 0.241. The molecule has 1 amide bonds. The number of hydrogen-bond acceptors (Lipinski definition) is 5. The van der Waals surface area contributed by atoms with Crippen LogP contribution in [0.2, 0.25) is 0 Å². The zero-order valence-corrected chi connectivity index (χ0v) is 15.9. The van der Waals surface area contributed by atoms with Crippen molar-refractivity contribution < 1.29 is 14.3 Å². The summed E-state index contributed by atoms with van der Waals surface area (Å²) in [5, 5.41) is 2.85. The Kier molecular flexibility index (Phi) is 4.81. The van der Waals surface area contributed by atoms with E-state index in [4.69, 9.17) is 4.74 Å². The molecule has 28 heavy (non-hydrogen) atoms. The first kappa shape index (κ1) is 18.2. The number of amides is 1. The van der Waals surface area contributed by atoms with Crippen LogP contribution in [0, 0.1) is 6.92 Å². The highest BCUT2D eigenvalue weighted by atomic mass is 16.5. The van der Waals surface area contributed by atoms with Crippen LogP contribution in [-0.2, 0) is 4.74 Å². The zero-order valence-electron chi connectivity index (χ0n) is 15.9. The quantitative estimate of drug-likeness (QED) is 0.655. The smallest absolute Gasteiger partial charge is 0.339 e. The highest BCUT2D eigenvalue weighted by Crippen LogP contribution is 2.35. The van der Waals surface area contributed by atoms with Crippen LogP contribution in [0.3, 0.4) is 0 Å². The van der Waals surface area contributed by atoms with Gasteiger partial charge >= 0.3 is 5.97 Å². The molecule has 144 valence electrons. The molecule has 2 aromatic heterocycles. The number of benzene rings is 1. The van der Waals surface area contributed by atoms with Crippen molar-refractivity contribution >= 4 is 28.6 Å². The topological polar surface area (TPSA) is 97.0 Å². The van der Waals surface area contributed by atoms with Crippen molar-refractivity contribution in [2.45, 2.75) is 39.0 Å². The summed E-state index contributed by atoms with van der Waals surface area (Å²) < 4.78 is 4.99. The summed E-state index contributed by atoms with van der Waals surface area (Å²) in [6.45, 7) is 3.72. The number of H-pyrrole nitrogens is 1. The molecular weight excluding hydrogens is 356 g/mol. The number of aromatic nitrogens is 3. The number of hydrogen-bond donors (Lipinski definition) is 2. The number of anilines is 1. The molecular formula is C21H22N4O3. The molecule has 1 aromatic carbocycles. The number of carbonyl (C=O) groups is 2.